The van der Waals surface area contributed by atoms with Crippen LogP contribution in [0.25, 0.3) is 0 Å². The Kier molecular flexibility index (Phi) is 5.74. The Morgan fingerprint density at radius 2 is 1.90 bits per heavy atom. The molecule has 0 bridgehead atoms. The smallest absolute Gasteiger partial charge is 0.417 e. The van der Waals surface area contributed by atoms with E-state index in [2.05, 4.69) is 9.88 Å². The number of carbonyl (C=O) groups is 2. The highest BCUT2D eigenvalue weighted by atomic mass is 19.4. The molecule has 2 unspecified atom stereocenters. The largest absolute Gasteiger partial charge is 0.481 e. The highest BCUT2D eigenvalue weighted by molar-refractivity contribution is 5.83. The maximum Gasteiger partial charge on any atom is 0.417 e. The molecule has 2 atom stereocenters. The van der Waals surface area contributed by atoms with E-state index < -0.39 is 23.1 Å². The Bertz CT molecular complexity index is 867. The Balaban J connectivity index is 1.40. The van der Waals surface area contributed by atoms with E-state index >= 15 is 0 Å². The normalized spacial score (nSPS) is 27.9. The molecule has 3 aliphatic rings. The van der Waals surface area contributed by atoms with E-state index in [0.29, 0.717) is 43.5 Å². The first kappa shape index (κ1) is 22.0. The molecule has 6 nitrogen and oxygen atoms in total. The summed E-state index contributed by atoms with van der Waals surface area (Å²) in [4.78, 5) is 32.5. The van der Waals surface area contributed by atoms with Crippen molar-refractivity contribution in [3.05, 3.63) is 29.1 Å². The van der Waals surface area contributed by atoms with Crippen molar-refractivity contribution in [1.29, 1.82) is 0 Å². The number of amides is 1. The summed E-state index contributed by atoms with van der Waals surface area (Å²) in [6, 6.07) is 1.37. The average molecular weight is 439 g/mol. The third-order valence-electron chi connectivity index (χ3n) is 7.28. The van der Waals surface area contributed by atoms with Gasteiger partial charge in [-0.15, -0.1) is 0 Å². The molecule has 0 aromatic carbocycles. The number of fused-ring (bicyclic) bond motifs is 1. The van der Waals surface area contributed by atoms with Crippen molar-refractivity contribution in [3.8, 4) is 0 Å². The number of nitrogens with zero attached hydrogens (tertiary/aromatic N) is 3. The van der Waals surface area contributed by atoms with E-state index in [1.807, 2.05) is 6.92 Å². The number of halogens is 3. The second-order valence-corrected chi connectivity index (χ2v) is 9.41. The summed E-state index contributed by atoms with van der Waals surface area (Å²) in [5.74, 6) is -1.02. The second kappa shape index (κ2) is 8.07. The van der Waals surface area contributed by atoms with Gasteiger partial charge < -0.3 is 14.9 Å². The van der Waals surface area contributed by atoms with E-state index in [4.69, 9.17) is 0 Å². The Hall–Kier alpha value is -2.16. The molecule has 31 heavy (non-hydrogen) atoms. The fourth-order valence-corrected chi connectivity index (χ4v) is 5.36. The van der Waals surface area contributed by atoms with Crippen molar-refractivity contribution in [2.75, 3.05) is 19.6 Å². The Morgan fingerprint density at radius 3 is 2.55 bits per heavy atom. The summed E-state index contributed by atoms with van der Waals surface area (Å²) in [6.07, 6.45) is 0.459. The molecule has 1 amide bonds. The zero-order valence-corrected chi connectivity index (χ0v) is 17.6. The SMILES string of the molecule is CC1(C(=O)N2CCc3ncc(C(F)(F)F)cc3C2)CCC(N2CCC(C(=O)O)CC2)C1. The highest BCUT2D eigenvalue weighted by Gasteiger charge is 2.46. The van der Waals surface area contributed by atoms with Gasteiger partial charge in [-0.1, -0.05) is 6.92 Å². The molecule has 1 aliphatic carbocycles. The number of likely N-dealkylation sites (tertiary alicyclic amines) is 1. The van der Waals surface area contributed by atoms with Crippen molar-refractivity contribution in [1.82, 2.24) is 14.8 Å². The lowest BCUT2D eigenvalue weighted by Crippen LogP contribution is -2.46. The number of carboxylic acid groups (broad SMARTS) is 1. The van der Waals surface area contributed by atoms with Gasteiger partial charge in [0.2, 0.25) is 5.91 Å². The van der Waals surface area contributed by atoms with Crippen molar-refractivity contribution < 1.29 is 27.9 Å². The Morgan fingerprint density at radius 1 is 1.19 bits per heavy atom. The lowest BCUT2D eigenvalue weighted by molar-refractivity contribution is -0.143. The molecule has 2 aliphatic heterocycles. The summed E-state index contributed by atoms with van der Waals surface area (Å²) in [7, 11) is 0. The van der Waals surface area contributed by atoms with Crippen LogP contribution in [0.4, 0.5) is 13.2 Å². The molecule has 1 saturated carbocycles. The second-order valence-electron chi connectivity index (χ2n) is 9.41. The zero-order chi connectivity index (χ0) is 22.4. The highest BCUT2D eigenvalue weighted by Crippen LogP contribution is 2.43. The van der Waals surface area contributed by atoms with Gasteiger partial charge in [0.25, 0.3) is 0 Å². The number of hydrogen-bond acceptors (Lipinski definition) is 4. The number of pyridine rings is 1. The molecular weight excluding hydrogens is 411 g/mol. The lowest BCUT2D eigenvalue weighted by Gasteiger charge is -2.37. The van der Waals surface area contributed by atoms with Crippen LogP contribution in [0.2, 0.25) is 0 Å². The van der Waals surface area contributed by atoms with E-state index in [-0.39, 0.29) is 24.4 Å². The van der Waals surface area contributed by atoms with Gasteiger partial charge in [0.15, 0.2) is 0 Å². The number of aliphatic carboxylic acids is 1. The number of carboxylic acids is 1. The number of carbonyl (C=O) groups excluding carboxylic acids is 1. The van der Waals surface area contributed by atoms with Gasteiger partial charge in [0.05, 0.1) is 11.5 Å². The zero-order valence-electron chi connectivity index (χ0n) is 17.6. The Labute approximate surface area is 179 Å². The van der Waals surface area contributed by atoms with Gasteiger partial charge in [0, 0.05) is 42.9 Å². The predicted molar refractivity (Wildman–Crippen MR) is 106 cm³/mol. The van der Waals surface area contributed by atoms with Gasteiger partial charge in [-0.3, -0.25) is 14.6 Å². The molecule has 1 saturated heterocycles. The summed E-state index contributed by atoms with van der Waals surface area (Å²) in [6.45, 7) is 4.05. The lowest BCUT2D eigenvalue weighted by atomic mass is 9.85. The number of piperidine rings is 1. The standard InChI is InChI=1S/C22H28F3N3O3/c1-21(6-2-17(11-21)27-7-3-14(4-8-27)19(29)30)20(31)28-9-5-18-15(13-28)10-16(12-26-18)22(23,24)25/h10,12,14,17H,2-9,11,13H2,1H3,(H,29,30). The van der Waals surface area contributed by atoms with Crippen molar-refractivity contribution in [2.45, 2.75) is 64.2 Å². The van der Waals surface area contributed by atoms with Gasteiger partial charge in [-0.2, -0.15) is 13.2 Å². The third kappa shape index (κ3) is 4.42. The first-order valence-corrected chi connectivity index (χ1v) is 10.9. The van der Waals surface area contributed by atoms with E-state index in [0.717, 1.165) is 38.2 Å². The van der Waals surface area contributed by atoms with Crippen LogP contribution in [0.1, 0.15) is 55.8 Å². The minimum Gasteiger partial charge on any atom is -0.481 e. The molecule has 9 heteroatoms. The first-order chi connectivity index (χ1) is 14.6. The van der Waals surface area contributed by atoms with Crippen LogP contribution in [0, 0.1) is 11.3 Å². The van der Waals surface area contributed by atoms with Crippen LogP contribution < -0.4 is 0 Å². The third-order valence-corrected chi connectivity index (χ3v) is 7.28. The summed E-state index contributed by atoms with van der Waals surface area (Å²) in [5.41, 5.74) is -0.213. The maximum atomic E-state index is 13.4. The van der Waals surface area contributed by atoms with Crippen LogP contribution in [-0.2, 0) is 28.7 Å². The van der Waals surface area contributed by atoms with Crippen LogP contribution in [0.3, 0.4) is 0 Å². The van der Waals surface area contributed by atoms with E-state index in [9.17, 15) is 27.9 Å². The number of aromatic nitrogens is 1. The predicted octanol–water partition coefficient (Wildman–Crippen LogP) is 3.34. The molecule has 3 heterocycles. The van der Waals surface area contributed by atoms with Crippen LogP contribution in [0.5, 0.6) is 0 Å². The van der Waals surface area contributed by atoms with Crippen LogP contribution in [0.15, 0.2) is 12.3 Å². The molecule has 0 radical (unpaired) electrons. The molecule has 1 aromatic heterocycles. The van der Waals surface area contributed by atoms with E-state index in [1.54, 1.807) is 4.90 Å². The quantitative estimate of drug-likeness (QED) is 0.782. The fraction of sp³-hybridized carbons (Fsp3) is 0.682. The summed E-state index contributed by atoms with van der Waals surface area (Å²) < 4.78 is 39.2. The van der Waals surface area contributed by atoms with Crippen molar-refractivity contribution >= 4 is 11.9 Å². The minimum atomic E-state index is -4.45. The summed E-state index contributed by atoms with van der Waals surface area (Å²) >= 11 is 0. The maximum absolute atomic E-state index is 13.4. The monoisotopic (exact) mass is 439 g/mol. The van der Waals surface area contributed by atoms with Crippen molar-refractivity contribution in [2.24, 2.45) is 11.3 Å². The van der Waals surface area contributed by atoms with Gasteiger partial charge in [-0.25, -0.2) is 0 Å². The average Bonchev–Trinajstić information content (AvgIpc) is 3.15. The number of alkyl halides is 3. The van der Waals surface area contributed by atoms with Gasteiger partial charge >= 0.3 is 12.1 Å². The molecule has 2 fully saturated rings. The molecule has 1 aromatic rings. The fourth-order valence-electron chi connectivity index (χ4n) is 5.36. The summed E-state index contributed by atoms with van der Waals surface area (Å²) in [5, 5.41) is 9.19. The van der Waals surface area contributed by atoms with Gasteiger partial charge in [-0.05, 0) is 56.8 Å². The van der Waals surface area contributed by atoms with E-state index in [1.165, 1.54) is 0 Å². The molecule has 4 rings (SSSR count). The van der Waals surface area contributed by atoms with Gasteiger partial charge in [0.1, 0.15) is 0 Å². The van der Waals surface area contributed by atoms with Crippen LogP contribution >= 0.6 is 0 Å². The molecular formula is C22H28F3N3O3. The van der Waals surface area contributed by atoms with Crippen molar-refractivity contribution in [3.63, 3.8) is 0 Å². The number of hydrogen-bond donors (Lipinski definition) is 1. The minimum absolute atomic E-state index is 0.00140. The molecule has 0 spiro atoms. The van der Waals surface area contributed by atoms with Crippen LogP contribution in [-0.4, -0.2) is 57.4 Å². The molecule has 1 N–H and O–H groups in total. The topological polar surface area (TPSA) is 73.7 Å². The first-order valence-electron chi connectivity index (χ1n) is 10.9. The molecule has 170 valence electrons. The number of rotatable bonds is 3.